The molecule has 4 N–H and O–H groups in total. The number of carbonyl (C=O) groups is 1. The number of carbonyl (C=O) groups excluding carboxylic acids is 1. The minimum Gasteiger partial charge on any atom is -0.457 e. The summed E-state index contributed by atoms with van der Waals surface area (Å²) >= 11 is 0. The predicted octanol–water partition coefficient (Wildman–Crippen LogP) is 4.68. The highest BCUT2D eigenvalue weighted by molar-refractivity contribution is 5.69. The van der Waals surface area contributed by atoms with Gasteiger partial charge in [-0.2, -0.15) is 0 Å². The van der Waals surface area contributed by atoms with Crippen molar-refractivity contribution in [3.63, 3.8) is 0 Å². The molecule has 0 aromatic heterocycles. The van der Waals surface area contributed by atoms with Crippen LogP contribution in [0.1, 0.15) is 90.9 Å². The van der Waals surface area contributed by atoms with Gasteiger partial charge in [0.05, 0.1) is 19.8 Å². The Labute approximate surface area is 252 Å². The molecule has 0 aliphatic carbocycles. The standard InChI is InChI=1S/C33H56O9/c1-3-5-7-9-10-11-12-13-14-15-16-17-19-21-23-39-25-27(41-29(35)22-20-18-8-6-4-2)26-40-33-32(38)31(37)30(36)28(24-34)42-33/h5,7,10-11,13-14,16-17,27-28,30-34,36-38H,3-4,6,8-9,12,15,18-26H2,1-2H3/b7-5-,11-10-,14-13-,17-16-. The fourth-order valence-corrected chi connectivity index (χ4v) is 4.26. The smallest absolute Gasteiger partial charge is 0.306 e. The van der Waals surface area contributed by atoms with Crippen LogP contribution in [0.2, 0.25) is 0 Å². The zero-order valence-electron chi connectivity index (χ0n) is 25.7. The first kappa shape index (κ1) is 38.2. The third-order valence-corrected chi connectivity index (χ3v) is 6.76. The van der Waals surface area contributed by atoms with Crippen LogP contribution >= 0.6 is 0 Å². The summed E-state index contributed by atoms with van der Waals surface area (Å²) in [4.78, 5) is 12.4. The average molecular weight is 597 g/mol. The van der Waals surface area contributed by atoms with E-state index < -0.39 is 43.4 Å². The van der Waals surface area contributed by atoms with Gasteiger partial charge < -0.3 is 39.4 Å². The van der Waals surface area contributed by atoms with Gasteiger partial charge in [0, 0.05) is 13.0 Å². The molecular formula is C33H56O9. The van der Waals surface area contributed by atoms with Crippen molar-refractivity contribution in [1.29, 1.82) is 0 Å². The quantitative estimate of drug-likeness (QED) is 0.0712. The summed E-state index contributed by atoms with van der Waals surface area (Å²) in [6.45, 7) is 4.16. The number of aliphatic hydroxyl groups is 4. The maximum Gasteiger partial charge on any atom is 0.306 e. The first-order valence-electron chi connectivity index (χ1n) is 15.7. The maximum atomic E-state index is 12.4. The second-order valence-corrected chi connectivity index (χ2v) is 10.5. The van der Waals surface area contributed by atoms with E-state index >= 15 is 0 Å². The van der Waals surface area contributed by atoms with E-state index in [2.05, 4.69) is 62.5 Å². The molecule has 6 unspecified atom stereocenters. The van der Waals surface area contributed by atoms with E-state index in [1.54, 1.807) is 0 Å². The van der Waals surface area contributed by atoms with Gasteiger partial charge in [0.15, 0.2) is 6.29 Å². The van der Waals surface area contributed by atoms with Crippen molar-refractivity contribution >= 4 is 5.97 Å². The van der Waals surface area contributed by atoms with Gasteiger partial charge in [-0.15, -0.1) is 0 Å². The molecule has 9 heteroatoms. The van der Waals surface area contributed by atoms with Crippen LogP contribution in [0.4, 0.5) is 0 Å². The second kappa shape index (κ2) is 25.6. The molecule has 1 heterocycles. The molecule has 1 saturated heterocycles. The van der Waals surface area contributed by atoms with E-state index in [1.165, 1.54) is 0 Å². The van der Waals surface area contributed by atoms with Crippen LogP contribution in [0.25, 0.3) is 0 Å². The maximum absolute atomic E-state index is 12.4. The minimum atomic E-state index is -1.54. The van der Waals surface area contributed by atoms with E-state index in [1.807, 2.05) is 0 Å². The van der Waals surface area contributed by atoms with Crippen molar-refractivity contribution in [3.05, 3.63) is 48.6 Å². The van der Waals surface area contributed by atoms with Gasteiger partial charge in [0.25, 0.3) is 0 Å². The van der Waals surface area contributed by atoms with E-state index in [0.717, 1.165) is 70.6 Å². The Morgan fingerprint density at radius 3 is 2.07 bits per heavy atom. The van der Waals surface area contributed by atoms with Gasteiger partial charge in [-0.3, -0.25) is 4.79 Å². The summed E-state index contributed by atoms with van der Waals surface area (Å²) in [5, 5.41) is 39.6. The van der Waals surface area contributed by atoms with Gasteiger partial charge in [-0.05, 0) is 44.9 Å². The highest BCUT2D eigenvalue weighted by atomic mass is 16.7. The van der Waals surface area contributed by atoms with E-state index in [4.69, 9.17) is 18.9 Å². The number of rotatable bonds is 24. The molecule has 1 aliphatic rings. The van der Waals surface area contributed by atoms with Gasteiger partial charge in [-0.25, -0.2) is 0 Å². The fraction of sp³-hybridized carbons (Fsp3) is 0.727. The summed E-state index contributed by atoms with van der Waals surface area (Å²) in [6, 6.07) is 0. The lowest BCUT2D eigenvalue weighted by atomic mass is 9.99. The summed E-state index contributed by atoms with van der Waals surface area (Å²) in [7, 11) is 0. The molecule has 0 bridgehead atoms. The summed E-state index contributed by atoms with van der Waals surface area (Å²) in [5.74, 6) is -0.350. The molecule has 42 heavy (non-hydrogen) atoms. The number of unbranched alkanes of at least 4 members (excludes halogenated alkanes) is 5. The van der Waals surface area contributed by atoms with Crippen molar-refractivity contribution in [2.24, 2.45) is 0 Å². The molecular weight excluding hydrogens is 540 g/mol. The average Bonchev–Trinajstić information content (AvgIpc) is 2.99. The predicted molar refractivity (Wildman–Crippen MR) is 164 cm³/mol. The molecule has 0 aromatic carbocycles. The monoisotopic (exact) mass is 596 g/mol. The number of hydrogen-bond acceptors (Lipinski definition) is 9. The highest BCUT2D eigenvalue weighted by Crippen LogP contribution is 2.22. The number of hydrogen-bond donors (Lipinski definition) is 4. The van der Waals surface area contributed by atoms with Crippen LogP contribution in [0, 0.1) is 0 Å². The van der Waals surface area contributed by atoms with Gasteiger partial charge in [0.1, 0.15) is 30.5 Å². The molecule has 6 atom stereocenters. The largest absolute Gasteiger partial charge is 0.457 e. The third kappa shape index (κ3) is 18.0. The lowest BCUT2D eigenvalue weighted by Gasteiger charge is -2.39. The van der Waals surface area contributed by atoms with Crippen molar-refractivity contribution in [1.82, 2.24) is 0 Å². The lowest BCUT2D eigenvalue weighted by molar-refractivity contribution is -0.305. The molecule has 9 nitrogen and oxygen atoms in total. The minimum absolute atomic E-state index is 0.104. The van der Waals surface area contributed by atoms with Crippen LogP contribution in [0.5, 0.6) is 0 Å². The van der Waals surface area contributed by atoms with Crippen LogP contribution < -0.4 is 0 Å². The van der Waals surface area contributed by atoms with Crippen LogP contribution in [-0.2, 0) is 23.7 Å². The van der Waals surface area contributed by atoms with Crippen molar-refractivity contribution in [2.75, 3.05) is 26.4 Å². The fourth-order valence-electron chi connectivity index (χ4n) is 4.26. The highest BCUT2D eigenvalue weighted by Gasteiger charge is 2.44. The Balaban J connectivity index is 2.41. The first-order valence-corrected chi connectivity index (χ1v) is 15.7. The van der Waals surface area contributed by atoms with Crippen molar-refractivity contribution in [3.8, 4) is 0 Å². The van der Waals surface area contributed by atoms with Gasteiger partial charge in [0.2, 0.25) is 0 Å². The van der Waals surface area contributed by atoms with Crippen LogP contribution in [0.15, 0.2) is 48.6 Å². The number of aliphatic hydroxyl groups excluding tert-OH is 4. The second-order valence-electron chi connectivity index (χ2n) is 10.5. The zero-order valence-corrected chi connectivity index (χ0v) is 25.7. The SMILES string of the molecule is CC/C=C\C/C=C\C/C=C\C/C=C\CCCOCC(COC1OC(CO)C(O)C(O)C1O)OC(=O)CCCCCCC. The Morgan fingerprint density at radius 2 is 1.43 bits per heavy atom. The Bertz CT molecular complexity index is 777. The number of allylic oxidation sites excluding steroid dienone is 8. The molecule has 0 aromatic rings. The Hall–Kier alpha value is -1.85. The van der Waals surface area contributed by atoms with Crippen molar-refractivity contribution in [2.45, 2.75) is 128 Å². The molecule has 1 rings (SSSR count). The van der Waals surface area contributed by atoms with Gasteiger partial charge >= 0.3 is 5.97 Å². The van der Waals surface area contributed by atoms with E-state index in [-0.39, 0.29) is 19.2 Å². The van der Waals surface area contributed by atoms with Crippen LogP contribution in [-0.4, -0.2) is 89.6 Å². The van der Waals surface area contributed by atoms with Crippen molar-refractivity contribution < 1.29 is 44.2 Å². The molecule has 1 aliphatic heterocycles. The summed E-state index contributed by atoms with van der Waals surface area (Å²) in [5.41, 5.74) is 0. The topological polar surface area (TPSA) is 135 Å². The Kier molecular flexibility index (Phi) is 23.3. The molecule has 1 fully saturated rings. The third-order valence-electron chi connectivity index (χ3n) is 6.76. The molecule has 0 amide bonds. The number of esters is 1. The number of ether oxygens (including phenoxy) is 4. The molecule has 0 spiro atoms. The first-order chi connectivity index (χ1) is 20.4. The normalized spacial score (nSPS) is 24.0. The molecule has 242 valence electrons. The van der Waals surface area contributed by atoms with E-state index in [9.17, 15) is 25.2 Å². The summed E-state index contributed by atoms with van der Waals surface area (Å²) in [6.07, 6.45) is 20.5. The van der Waals surface area contributed by atoms with Crippen LogP contribution in [0.3, 0.4) is 0 Å². The summed E-state index contributed by atoms with van der Waals surface area (Å²) < 4.78 is 22.4. The Morgan fingerprint density at radius 1 is 0.786 bits per heavy atom. The molecule has 0 saturated carbocycles. The molecule has 0 radical (unpaired) electrons. The van der Waals surface area contributed by atoms with E-state index in [0.29, 0.717) is 13.0 Å². The zero-order chi connectivity index (χ0) is 30.8. The van der Waals surface area contributed by atoms with Gasteiger partial charge in [-0.1, -0.05) is 88.1 Å². The lowest BCUT2D eigenvalue weighted by Crippen LogP contribution is -2.59.